The maximum atomic E-state index is 10.9. The van der Waals surface area contributed by atoms with E-state index in [1.807, 2.05) is 19.1 Å². The third kappa shape index (κ3) is 5.37. The summed E-state index contributed by atoms with van der Waals surface area (Å²) in [6.45, 7) is 7.08. The highest BCUT2D eigenvalue weighted by atomic mass is 35.5. The minimum absolute atomic E-state index is 0.272. The van der Waals surface area contributed by atoms with Gasteiger partial charge in [-0.2, -0.15) is 0 Å². The Morgan fingerprint density at radius 3 is 2.53 bits per heavy atom. The van der Waals surface area contributed by atoms with E-state index in [0.717, 1.165) is 17.5 Å². The molecule has 0 spiro atoms. The molecule has 32 heavy (non-hydrogen) atoms. The SMILES string of the molecule is CCOCCc1ccc(Cc2cc([C@]3(C)O[C@H](C)[C@@H](O)[C@H](O)[C@H]3O)c(COC)cc2Cl)s1. The van der Waals surface area contributed by atoms with Crippen molar-refractivity contribution in [1.29, 1.82) is 0 Å². The minimum atomic E-state index is -1.33. The Bertz CT molecular complexity index is 903. The molecule has 1 aromatic heterocycles. The molecule has 1 saturated heterocycles. The summed E-state index contributed by atoms with van der Waals surface area (Å²) < 4.78 is 16.9. The minimum Gasteiger partial charge on any atom is -0.388 e. The number of ether oxygens (including phenoxy) is 3. The summed E-state index contributed by atoms with van der Waals surface area (Å²) in [5.41, 5.74) is 1.12. The molecule has 1 aromatic carbocycles. The molecule has 1 aliphatic heterocycles. The summed E-state index contributed by atoms with van der Waals surface area (Å²) in [4.78, 5) is 2.42. The number of halogens is 1. The predicted octanol–water partition coefficient (Wildman–Crippen LogP) is 3.43. The van der Waals surface area contributed by atoms with E-state index >= 15 is 0 Å². The molecule has 0 unspecified atom stereocenters. The van der Waals surface area contributed by atoms with Crippen LogP contribution in [0.1, 0.15) is 47.2 Å². The fourth-order valence-electron chi connectivity index (χ4n) is 4.23. The van der Waals surface area contributed by atoms with Crippen molar-refractivity contribution in [3.8, 4) is 0 Å². The zero-order valence-electron chi connectivity index (χ0n) is 19.0. The maximum absolute atomic E-state index is 10.9. The van der Waals surface area contributed by atoms with Crippen LogP contribution in [0.2, 0.25) is 5.02 Å². The zero-order valence-corrected chi connectivity index (χ0v) is 20.6. The first-order valence-corrected chi connectivity index (χ1v) is 12.1. The van der Waals surface area contributed by atoms with Gasteiger partial charge in [0.1, 0.15) is 23.9 Å². The van der Waals surface area contributed by atoms with Crippen LogP contribution in [0.15, 0.2) is 24.3 Å². The van der Waals surface area contributed by atoms with E-state index in [9.17, 15) is 15.3 Å². The van der Waals surface area contributed by atoms with Crippen molar-refractivity contribution in [2.24, 2.45) is 0 Å². The van der Waals surface area contributed by atoms with Crippen molar-refractivity contribution in [3.63, 3.8) is 0 Å². The summed E-state index contributed by atoms with van der Waals surface area (Å²) in [6, 6.07) is 7.97. The van der Waals surface area contributed by atoms with Gasteiger partial charge in [-0.3, -0.25) is 0 Å². The van der Waals surface area contributed by atoms with Crippen LogP contribution >= 0.6 is 22.9 Å². The molecular weight excluding hydrogens is 452 g/mol. The summed E-state index contributed by atoms with van der Waals surface area (Å²) in [5.74, 6) is 0. The van der Waals surface area contributed by atoms with E-state index in [1.54, 1.807) is 32.3 Å². The number of rotatable bonds is 9. The van der Waals surface area contributed by atoms with Crippen molar-refractivity contribution >= 4 is 22.9 Å². The quantitative estimate of drug-likeness (QED) is 0.472. The summed E-state index contributed by atoms with van der Waals surface area (Å²) in [7, 11) is 1.59. The van der Waals surface area contributed by atoms with Gasteiger partial charge in [-0.1, -0.05) is 17.7 Å². The first kappa shape index (κ1) is 25.6. The molecule has 1 aliphatic rings. The highest BCUT2D eigenvalue weighted by Gasteiger charge is 2.51. The summed E-state index contributed by atoms with van der Waals surface area (Å²) in [6.07, 6.45) is -2.96. The van der Waals surface area contributed by atoms with Gasteiger partial charge in [-0.05, 0) is 55.7 Å². The van der Waals surface area contributed by atoms with Crippen LogP contribution in [0.5, 0.6) is 0 Å². The number of aliphatic hydroxyl groups excluding tert-OH is 3. The van der Waals surface area contributed by atoms with E-state index < -0.39 is 30.0 Å². The molecule has 5 atom stereocenters. The number of hydrogen-bond donors (Lipinski definition) is 3. The molecule has 6 nitrogen and oxygen atoms in total. The molecule has 0 amide bonds. The van der Waals surface area contributed by atoms with Crippen LogP contribution < -0.4 is 0 Å². The topological polar surface area (TPSA) is 88.4 Å². The Kier molecular flexibility index (Phi) is 8.74. The van der Waals surface area contributed by atoms with Crippen molar-refractivity contribution < 1.29 is 29.5 Å². The Morgan fingerprint density at radius 1 is 1.12 bits per heavy atom. The Balaban J connectivity index is 1.94. The predicted molar refractivity (Wildman–Crippen MR) is 125 cm³/mol. The lowest BCUT2D eigenvalue weighted by Crippen LogP contribution is -2.61. The molecule has 8 heteroatoms. The Morgan fingerprint density at radius 2 is 1.84 bits per heavy atom. The van der Waals surface area contributed by atoms with Gasteiger partial charge in [-0.25, -0.2) is 0 Å². The largest absolute Gasteiger partial charge is 0.388 e. The van der Waals surface area contributed by atoms with E-state index in [-0.39, 0.29) is 6.61 Å². The van der Waals surface area contributed by atoms with Crippen LogP contribution in [0.25, 0.3) is 0 Å². The highest BCUT2D eigenvalue weighted by Crippen LogP contribution is 2.41. The molecular formula is C24H33ClO6S. The third-order valence-electron chi connectivity index (χ3n) is 6.04. The molecule has 1 fully saturated rings. The molecule has 3 N–H and O–H groups in total. The number of thiophene rings is 1. The molecule has 0 bridgehead atoms. The zero-order chi connectivity index (χ0) is 23.5. The van der Waals surface area contributed by atoms with Gasteiger partial charge in [0, 0.05) is 41.3 Å². The average Bonchev–Trinajstić information content (AvgIpc) is 3.20. The van der Waals surface area contributed by atoms with Gasteiger partial charge in [0.2, 0.25) is 0 Å². The van der Waals surface area contributed by atoms with Gasteiger partial charge in [0.25, 0.3) is 0 Å². The molecule has 3 rings (SSSR count). The van der Waals surface area contributed by atoms with Crippen molar-refractivity contribution in [2.45, 2.75) is 70.2 Å². The van der Waals surface area contributed by atoms with E-state index in [0.29, 0.717) is 30.2 Å². The monoisotopic (exact) mass is 484 g/mol. The molecule has 0 aliphatic carbocycles. The molecule has 0 radical (unpaired) electrons. The number of methoxy groups -OCH3 is 1. The normalized spacial score (nSPS) is 28.2. The van der Waals surface area contributed by atoms with Crippen LogP contribution in [0.3, 0.4) is 0 Å². The fraction of sp³-hybridized carbons (Fsp3) is 0.583. The standard InChI is InChI=1S/C24H33ClO6S/c1-5-30-9-8-17-6-7-18(32-17)10-15-11-19(16(13-29-4)12-20(15)25)24(3)23(28)22(27)21(26)14(2)31-24/h6-7,11-12,14,21-23,26-28H,5,8-10,13H2,1-4H3/t14-,21-,22+,23-,24+/m1/s1. The molecule has 2 heterocycles. The average molecular weight is 485 g/mol. The smallest absolute Gasteiger partial charge is 0.120 e. The van der Waals surface area contributed by atoms with Gasteiger partial charge in [0.05, 0.1) is 19.3 Å². The third-order valence-corrected chi connectivity index (χ3v) is 7.53. The van der Waals surface area contributed by atoms with Crippen molar-refractivity contribution in [3.05, 3.63) is 55.7 Å². The molecule has 178 valence electrons. The number of benzene rings is 1. The summed E-state index contributed by atoms with van der Waals surface area (Å²) >= 11 is 8.36. The first-order chi connectivity index (χ1) is 15.2. The van der Waals surface area contributed by atoms with Crippen molar-refractivity contribution in [2.75, 3.05) is 20.3 Å². The lowest BCUT2D eigenvalue weighted by Gasteiger charge is -2.47. The Hall–Kier alpha value is -1.03. The Labute approximate surface area is 198 Å². The maximum Gasteiger partial charge on any atom is 0.120 e. The second-order valence-electron chi connectivity index (χ2n) is 8.38. The van der Waals surface area contributed by atoms with Crippen molar-refractivity contribution in [1.82, 2.24) is 0 Å². The fourth-order valence-corrected chi connectivity index (χ4v) is 5.50. The van der Waals surface area contributed by atoms with E-state index in [4.69, 9.17) is 25.8 Å². The molecule has 2 aromatic rings. The van der Waals surface area contributed by atoms with Crippen LogP contribution in [-0.2, 0) is 39.3 Å². The highest BCUT2D eigenvalue weighted by molar-refractivity contribution is 7.12. The van der Waals surface area contributed by atoms with E-state index in [1.165, 1.54) is 9.75 Å². The van der Waals surface area contributed by atoms with Gasteiger partial charge < -0.3 is 29.5 Å². The molecule has 0 saturated carbocycles. The summed E-state index contributed by atoms with van der Waals surface area (Å²) in [5, 5.41) is 32.1. The van der Waals surface area contributed by atoms with Crippen LogP contribution in [0, 0.1) is 0 Å². The van der Waals surface area contributed by atoms with E-state index in [2.05, 4.69) is 12.1 Å². The lowest BCUT2D eigenvalue weighted by molar-refractivity contribution is -0.263. The second-order valence-corrected chi connectivity index (χ2v) is 10.0. The second kappa shape index (κ2) is 10.9. The van der Waals surface area contributed by atoms with Gasteiger partial charge in [0.15, 0.2) is 0 Å². The number of aliphatic hydroxyl groups is 3. The van der Waals surface area contributed by atoms with Gasteiger partial charge >= 0.3 is 0 Å². The van der Waals surface area contributed by atoms with Crippen LogP contribution in [-0.4, -0.2) is 60.1 Å². The van der Waals surface area contributed by atoms with Crippen LogP contribution in [0.4, 0.5) is 0 Å². The van der Waals surface area contributed by atoms with Gasteiger partial charge in [-0.15, -0.1) is 11.3 Å². The first-order valence-electron chi connectivity index (χ1n) is 10.9. The lowest BCUT2D eigenvalue weighted by atomic mass is 9.79. The number of hydrogen-bond acceptors (Lipinski definition) is 7.